The zero-order valence-corrected chi connectivity index (χ0v) is 9.56. The molecule has 0 amide bonds. The molecule has 0 radical (unpaired) electrons. The van der Waals surface area contributed by atoms with Gasteiger partial charge in [-0.2, -0.15) is 0 Å². The Hall–Kier alpha value is -1.71. The van der Waals surface area contributed by atoms with Crippen LogP contribution < -0.4 is 9.47 Å². The van der Waals surface area contributed by atoms with Crippen LogP contribution in [0.15, 0.2) is 23.4 Å². The van der Waals surface area contributed by atoms with E-state index in [2.05, 4.69) is 5.16 Å². The van der Waals surface area contributed by atoms with Gasteiger partial charge in [0.05, 0.1) is 6.61 Å². The van der Waals surface area contributed by atoms with Gasteiger partial charge in [0.15, 0.2) is 0 Å². The Morgan fingerprint density at radius 1 is 1.41 bits per heavy atom. The van der Waals surface area contributed by atoms with Crippen LogP contribution in [0.4, 0.5) is 0 Å². The van der Waals surface area contributed by atoms with Crippen molar-refractivity contribution in [1.82, 2.24) is 0 Å². The maximum atomic E-state index is 8.77. The molecule has 0 bridgehead atoms. The first-order valence-electron chi connectivity index (χ1n) is 5.98. The van der Waals surface area contributed by atoms with Crippen LogP contribution in [-0.2, 0) is 0 Å². The van der Waals surface area contributed by atoms with Crippen molar-refractivity contribution in [3.05, 3.63) is 23.8 Å². The summed E-state index contributed by atoms with van der Waals surface area (Å²) in [6, 6.07) is 5.65. The molecule has 90 valence electrons. The lowest BCUT2D eigenvalue weighted by molar-refractivity contribution is 0.180. The van der Waals surface area contributed by atoms with Gasteiger partial charge in [0.25, 0.3) is 0 Å². The number of hydrogen-bond acceptors (Lipinski definition) is 4. The molecule has 0 unspecified atom stereocenters. The molecule has 17 heavy (non-hydrogen) atoms. The lowest BCUT2D eigenvalue weighted by Gasteiger charge is -2.25. The van der Waals surface area contributed by atoms with E-state index in [0.29, 0.717) is 12.3 Å². The van der Waals surface area contributed by atoms with Crippen LogP contribution in [0.2, 0.25) is 0 Å². The van der Waals surface area contributed by atoms with E-state index in [-0.39, 0.29) is 0 Å². The summed E-state index contributed by atoms with van der Waals surface area (Å²) < 4.78 is 11.1. The predicted molar refractivity (Wildman–Crippen MR) is 63.1 cm³/mol. The second kappa shape index (κ2) is 4.28. The van der Waals surface area contributed by atoms with Gasteiger partial charge in [0, 0.05) is 11.6 Å². The summed E-state index contributed by atoms with van der Waals surface area (Å²) in [5.41, 5.74) is 1.43. The molecule has 0 atom stereocenters. The molecule has 1 fully saturated rings. The summed E-state index contributed by atoms with van der Waals surface area (Å²) in [7, 11) is 0. The van der Waals surface area contributed by atoms with Gasteiger partial charge in [-0.3, -0.25) is 0 Å². The Balaban J connectivity index is 1.70. The lowest BCUT2D eigenvalue weighted by Crippen LogP contribution is -2.19. The van der Waals surface area contributed by atoms with Gasteiger partial charge in [0.1, 0.15) is 23.8 Å². The molecule has 1 aliphatic heterocycles. The minimum absolute atomic E-state index is 0.331. The highest BCUT2D eigenvalue weighted by Gasteiger charge is 2.21. The minimum Gasteiger partial charge on any atom is -0.493 e. The number of benzene rings is 1. The maximum Gasteiger partial charge on any atom is 0.134 e. The number of nitrogens with zero attached hydrogens (tertiary/aromatic N) is 1. The molecule has 1 aromatic carbocycles. The monoisotopic (exact) mass is 233 g/mol. The van der Waals surface area contributed by atoms with Crippen LogP contribution in [0.1, 0.15) is 24.8 Å². The molecule has 1 aliphatic carbocycles. The molecular formula is C13H15NO3. The van der Waals surface area contributed by atoms with Crippen molar-refractivity contribution < 1.29 is 14.7 Å². The van der Waals surface area contributed by atoms with Gasteiger partial charge in [-0.05, 0) is 30.9 Å². The third-order valence-corrected chi connectivity index (χ3v) is 3.46. The molecule has 1 saturated carbocycles. The second-order valence-electron chi connectivity index (χ2n) is 4.60. The fraction of sp³-hybridized carbons (Fsp3) is 0.462. The minimum atomic E-state index is 0.331. The lowest BCUT2D eigenvalue weighted by atomic mass is 9.86. The molecule has 1 aromatic rings. The molecule has 0 spiro atoms. The van der Waals surface area contributed by atoms with Gasteiger partial charge < -0.3 is 14.7 Å². The highest BCUT2D eigenvalue weighted by atomic mass is 16.5. The molecule has 3 rings (SSSR count). The number of hydrogen-bond donors (Lipinski definition) is 1. The van der Waals surface area contributed by atoms with Crippen LogP contribution in [0.5, 0.6) is 11.5 Å². The van der Waals surface area contributed by atoms with Crippen molar-refractivity contribution in [3.63, 3.8) is 0 Å². The SMILES string of the molecule is ON=C1COc2cc(OCC3CCC3)ccc21. The molecule has 0 aromatic heterocycles. The molecule has 4 nitrogen and oxygen atoms in total. The zero-order valence-electron chi connectivity index (χ0n) is 9.56. The summed E-state index contributed by atoms with van der Waals surface area (Å²) in [6.07, 6.45) is 3.89. The van der Waals surface area contributed by atoms with Crippen molar-refractivity contribution in [1.29, 1.82) is 0 Å². The van der Waals surface area contributed by atoms with E-state index in [4.69, 9.17) is 14.7 Å². The number of rotatable bonds is 3. The Morgan fingerprint density at radius 2 is 2.29 bits per heavy atom. The largest absolute Gasteiger partial charge is 0.493 e. The van der Waals surface area contributed by atoms with E-state index >= 15 is 0 Å². The first-order chi connectivity index (χ1) is 8.36. The fourth-order valence-corrected chi connectivity index (χ4v) is 2.13. The van der Waals surface area contributed by atoms with E-state index in [1.165, 1.54) is 19.3 Å². The number of oxime groups is 1. The summed E-state index contributed by atoms with van der Waals surface area (Å²) in [6.45, 7) is 1.12. The summed E-state index contributed by atoms with van der Waals surface area (Å²) in [4.78, 5) is 0. The molecule has 2 aliphatic rings. The number of fused-ring (bicyclic) bond motifs is 1. The second-order valence-corrected chi connectivity index (χ2v) is 4.60. The summed E-state index contributed by atoms with van der Waals surface area (Å²) in [5, 5.41) is 12.0. The molecule has 4 heteroatoms. The Morgan fingerprint density at radius 3 is 3.00 bits per heavy atom. The summed E-state index contributed by atoms with van der Waals surface area (Å²) >= 11 is 0. The molecule has 1 N–H and O–H groups in total. The van der Waals surface area contributed by atoms with Crippen molar-refractivity contribution >= 4 is 5.71 Å². The van der Waals surface area contributed by atoms with E-state index in [0.717, 1.165) is 29.6 Å². The molecular weight excluding hydrogens is 218 g/mol. The molecule has 0 saturated heterocycles. The van der Waals surface area contributed by atoms with Gasteiger partial charge in [-0.25, -0.2) is 0 Å². The first kappa shape index (κ1) is 10.4. The van der Waals surface area contributed by atoms with E-state index < -0.39 is 0 Å². The van der Waals surface area contributed by atoms with E-state index in [1.807, 2.05) is 18.2 Å². The van der Waals surface area contributed by atoms with Crippen molar-refractivity contribution in [2.75, 3.05) is 13.2 Å². The first-order valence-corrected chi connectivity index (χ1v) is 5.98. The van der Waals surface area contributed by atoms with Crippen LogP contribution in [0.3, 0.4) is 0 Å². The van der Waals surface area contributed by atoms with Gasteiger partial charge in [0.2, 0.25) is 0 Å². The predicted octanol–water partition coefficient (Wildman–Crippen LogP) is 2.44. The average molecular weight is 233 g/mol. The third-order valence-electron chi connectivity index (χ3n) is 3.46. The number of ether oxygens (including phenoxy) is 2. The van der Waals surface area contributed by atoms with E-state index in [1.54, 1.807) is 0 Å². The van der Waals surface area contributed by atoms with Crippen molar-refractivity contribution in [2.45, 2.75) is 19.3 Å². The van der Waals surface area contributed by atoms with Gasteiger partial charge >= 0.3 is 0 Å². The van der Waals surface area contributed by atoms with Crippen LogP contribution >= 0.6 is 0 Å². The maximum absolute atomic E-state index is 8.77. The standard InChI is InChI=1S/C13H15NO3/c15-14-12-8-17-13-6-10(4-5-11(12)13)16-7-9-2-1-3-9/h4-6,9,15H,1-3,7-8H2. The fourth-order valence-electron chi connectivity index (χ4n) is 2.13. The topological polar surface area (TPSA) is 51.1 Å². The highest BCUT2D eigenvalue weighted by Crippen LogP contribution is 2.31. The normalized spacial score (nSPS) is 20.8. The molecule has 1 heterocycles. The Kier molecular flexibility index (Phi) is 2.63. The Labute approximate surface area is 99.8 Å². The zero-order chi connectivity index (χ0) is 11.7. The average Bonchev–Trinajstić information content (AvgIpc) is 2.69. The van der Waals surface area contributed by atoms with Crippen LogP contribution in [0.25, 0.3) is 0 Å². The van der Waals surface area contributed by atoms with Gasteiger partial charge in [-0.1, -0.05) is 11.6 Å². The van der Waals surface area contributed by atoms with Crippen LogP contribution in [0, 0.1) is 5.92 Å². The summed E-state index contributed by atoms with van der Waals surface area (Å²) in [5.74, 6) is 2.29. The van der Waals surface area contributed by atoms with E-state index in [9.17, 15) is 0 Å². The van der Waals surface area contributed by atoms with Crippen LogP contribution in [-0.4, -0.2) is 24.1 Å². The third kappa shape index (κ3) is 1.95. The smallest absolute Gasteiger partial charge is 0.134 e. The van der Waals surface area contributed by atoms with Crippen molar-refractivity contribution in [2.24, 2.45) is 11.1 Å². The van der Waals surface area contributed by atoms with Crippen molar-refractivity contribution in [3.8, 4) is 11.5 Å². The van der Waals surface area contributed by atoms with Gasteiger partial charge in [-0.15, -0.1) is 0 Å². The Bertz CT molecular complexity index is 452. The quantitative estimate of drug-likeness (QED) is 0.644. The highest BCUT2D eigenvalue weighted by molar-refractivity contribution is 6.05.